The number of hydrogen-bond donors (Lipinski definition) is 1. The van der Waals surface area contributed by atoms with Gasteiger partial charge in [-0.3, -0.25) is 14.5 Å². The normalized spacial score (nSPS) is 15.9. The molecule has 0 atom stereocenters. The van der Waals surface area contributed by atoms with Crippen molar-refractivity contribution in [2.75, 3.05) is 0 Å². The Morgan fingerprint density at radius 3 is 2.56 bits per heavy atom. The standard InChI is InChI=1S/C18H12BrNO4S/c19-14-6-4-11(5-7-14)10-20-16(21)15(25-18(20)24)9-12-2-1-3-13(8-12)17(22)23/h1-9H,10H2,(H,22,23)/b15-9-. The monoisotopic (exact) mass is 417 g/mol. The first-order valence-corrected chi connectivity index (χ1v) is 8.88. The molecular weight excluding hydrogens is 406 g/mol. The SMILES string of the molecule is O=C(O)c1cccc(/C=C2\SC(=O)N(Cc3ccc(Br)cc3)C2=O)c1. The molecule has 25 heavy (non-hydrogen) atoms. The average Bonchev–Trinajstić information content (AvgIpc) is 2.84. The van der Waals surface area contributed by atoms with Gasteiger partial charge in [-0.2, -0.15) is 0 Å². The zero-order chi connectivity index (χ0) is 18.0. The third-order valence-corrected chi connectivity index (χ3v) is 4.99. The summed E-state index contributed by atoms with van der Waals surface area (Å²) in [6.07, 6.45) is 1.54. The van der Waals surface area contributed by atoms with Gasteiger partial charge in [0.2, 0.25) is 0 Å². The Labute approximate surface area is 156 Å². The molecule has 3 rings (SSSR count). The van der Waals surface area contributed by atoms with Gasteiger partial charge in [0.25, 0.3) is 11.1 Å². The van der Waals surface area contributed by atoms with Crippen molar-refractivity contribution >= 4 is 50.9 Å². The molecule has 1 aliphatic heterocycles. The Balaban J connectivity index is 1.82. The first-order chi connectivity index (χ1) is 11.9. The Kier molecular flexibility index (Phi) is 5.06. The smallest absolute Gasteiger partial charge is 0.335 e. The molecule has 0 radical (unpaired) electrons. The number of aromatic carboxylic acids is 1. The van der Waals surface area contributed by atoms with Gasteiger partial charge in [0, 0.05) is 4.47 Å². The van der Waals surface area contributed by atoms with E-state index in [9.17, 15) is 14.4 Å². The van der Waals surface area contributed by atoms with Crippen LogP contribution < -0.4 is 0 Å². The predicted molar refractivity (Wildman–Crippen MR) is 99.1 cm³/mol. The van der Waals surface area contributed by atoms with Crippen LogP contribution in [-0.4, -0.2) is 27.1 Å². The lowest BCUT2D eigenvalue weighted by molar-refractivity contribution is -0.123. The number of thioether (sulfide) groups is 1. The number of halogens is 1. The summed E-state index contributed by atoms with van der Waals surface area (Å²) < 4.78 is 0.920. The fourth-order valence-electron chi connectivity index (χ4n) is 2.32. The molecule has 2 aromatic rings. The maximum atomic E-state index is 12.5. The summed E-state index contributed by atoms with van der Waals surface area (Å²) in [6, 6.07) is 13.6. The molecule has 2 amide bonds. The Bertz CT molecular complexity index is 892. The maximum Gasteiger partial charge on any atom is 0.335 e. The molecule has 1 heterocycles. The highest BCUT2D eigenvalue weighted by molar-refractivity contribution is 9.10. The van der Waals surface area contributed by atoms with Crippen LogP contribution >= 0.6 is 27.7 Å². The highest BCUT2D eigenvalue weighted by Crippen LogP contribution is 2.33. The third kappa shape index (κ3) is 4.00. The van der Waals surface area contributed by atoms with Gasteiger partial charge in [-0.05, 0) is 53.2 Å². The van der Waals surface area contributed by atoms with E-state index in [1.807, 2.05) is 24.3 Å². The van der Waals surface area contributed by atoms with Gasteiger partial charge in [0.05, 0.1) is 17.0 Å². The molecule has 126 valence electrons. The quantitative estimate of drug-likeness (QED) is 0.746. The number of nitrogens with zero attached hydrogens (tertiary/aromatic N) is 1. The van der Waals surface area contributed by atoms with Gasteiger partial charge >= 0.3 is 5.97 Å². The average molecular weight is 418 g/mol. The van der Waals surface area contributed by atoms with Crippen molar-refractivity contribution in [3.8, 4) is 0 Å². The van der Waals surface area contributed by atoms with Gasteiger partial charge in [0.1, 0.15) is 0 Å². The second-order valence-corrected chi connectivity index (χ2v) is 7.23. The van der Waals surface area contributed by atoms with Crippen LogP contribution in [0.2, 0.25) is 0 Å². The van der Waals surface area contributed by atoms with Crippen LogP contribution in [0.15, 0.2) is 57.9 Å². The Morgan fingerprint density at radius 1 is 1.16 bits per heavy atom. The Hall–Kier alpha value is -2.38. The van der Waals surface area contributed by atoms with Gasteiger partial charge < -0.3 is 5.11 Å². The number of carboxylic acids is 1. The number of imide groups is 1. The second kappa shape index (κ2) is 7.25. The van der Waals surface area contributed by atoms with Crippen LogP contribution in [0.1, 0.15) is 21.5 Å². The van der Waals surface area contributed by atoms with Crippen LogP contribution in [-0.2, 0) is 11.3 Å². The van der Waals surface area contributed by atoms with E-state index in [1.54, 1.807) is 18.2 Å². The van der Waals surface area contributed by atoms with Gasteiger partial charge in [0.15, 0.2) is 0 Å². The van der Waals surface area contributed by atoms with Crippen molar-refractivity contribution in [2.24, 2.45) is 0 Å². The minimum absolute atomic E-state index is 0.128. The highest BCUT2D eigenvalue weighted by Gasteiger charge is 2.34. The van der Waals surface area contributed by atoms with Crippen molar-refractivity contribution in [2.45, 2.75) is 6.54 Å². The van der Waals surface area contributed by atoms with E-state index in [4.69, 9.17) is 5.11 Å². The van der Waals surface area contributed by atoms with Crippen LogP contribution in [0.25, 0.3) is 6.08 Å². The fraction of sp³-hybridized carbons (Fsp3) is 0.0556. The van der Waals surface area contributed by atoms with Crippen LogP contribution in [0.3, 0.4) is 0 Å². The lowest BCUT2D eigenvalue weighted by Crippen LogP contribution is -2.27. The van der Waals surface area contributed by atoms with Crippen molar-refractivity contribution in [3.63, 3.8) is 0 Å². The molecule has 1 saturated heterocycles. The van der Waals surface area contributed by atoms with Crippen LogP contribution in [0, 0.1) is 0 Å². The van der Waals surface area contributed by atoms with E-state index in [-0.39, 0.29) is 28.2 Å². The lowest BCUT2D eigenvalue weighted by Gasteiger charge is -2.12. The summed E-state index contributed by atoms with van der Waals surface area (Å²) >= 11 is 4.20. The molecule has 1 fully saturated rings. The van der Waals surface area contributed by atoms with E-state index >= 15 is 0 Å². The number of carbonyl (C=O) groups is 3. The molecule has 1 N–H and O–H groups in total. The molecule has 0 saturated carbocycles. The molecule has 0 aromatic heterocycles. The molecule has 1 aliphatic rings. The van der Waals surface area contributed by atoms with Crippen molar-refractivity contribution < 1.29 is 19.5 Å². The van der Waals surface area contributed by atoms with E-state index in [0.717, 1.165) is 21.8 Å². The van der Waals surface area contributed by atoms with Crippen molar-refractivity contribution in [1.29, 1.82) is 0 Å². The zero-order valence-corrected chi connectivity index (χ0v) is 15.2. The Morgan fingerprint density at radius 2 is 1.88 bits per heavy atom. The molecule has 2 aromatic carbocycles. The number of hydrogen-bond acceptors (Lipinski definition) is 4. The first kappa shape index (κ1) is 17.4. The van der Waals surface area contributed by atoms with Gasteiger partial charge in [-0.25, -0.2) is 4.79 Å². The van der Waals surface area contributed by atoms with E-state index in [0.29, 0.717) is 5.56 Å². The summed E-state index contributed by atoms with van der Waals surface area (Å²) in [4.78, 5) is 37.1. The second-order valence-electron chi connectivity index (χ2n) is 5.32. The van der Waals surface area contributed by atoms with Crippen LogP contribution in [0.5, 0.6) is 0 Å². The van der Waals surface area contributed by atoms with Gasteiger partial charge in [-0.1, -0.05) is 40.2 Å². The molecule has 0 aliphatic carbocycles. The van der Waals surface area contributed by atoms with Gasteiger partial charge in [-0.15, -0.1) is 0 Å². The summed E-state index contributed by atoms with van der Waals surface area (Å²) in [5, 5.41) is 8.69. The van der Waals surface area contributed by atoms with E-state index in [2.05, 4.69) is 15.9 Å². The molecule has 0 spiro atoms. The number of carboxylic acid groups (broad SMARTS) is 1. The lowest BCUT2D eigenvalue weighted by atomic mass is 10.1. The van der Waals surface area contributed by atoms with Crippen molar-refractivity contribution in [1.82, 2.24) is 4.90 Å². The molecule has 0 bridgehead atoms. The highest BCUT2D eigenvalue weighted by atomic mass is 79.9. The summed E-state index contributed by atoms with van der Waals surface area (Å²) in [5.74, 6) is -1.42. The zero-order valence-electron chi connectivity index (χ0n) is 12.8. The summed E-state index contributed by atoms with van der Waals surface area (Å²) in [7, 11) is 0. The number of carbonyl (C=O) groups excluding carboxylic acids is 2. The summed E-state index contributed by atoms with van der Waals surface area (Å²) in [6.45, 7) is 0.199. The number of rotatable bonds is 4. The molecule has 0 unspecified atom stereocenters. The summed E-state index contributed by atoms with van der Waals surface area (Å²) in [5.41, 5.74) is 1.54. The van der Waals surface area contributed by atoms with Crippen molar-refractivity contribution in [3.05, 3.63) is 74.6 Å². The van der Waals surface area contributed by atoms with E-state index < -0.39 is 5.97 Å². The van der Waals surface area contributed by atoms with Crippen LogP contribution in [0.4, 0.5) is 4.79 Å². The van der Waals surface area contributed by atoms with E-state index in [1.165, 1.54) is 17.0 Å². The predicted octanol–water partition coefficient (Wildman–Crippen LogP) is 4.38. The number of benzene rings is 2. The fourth-order valence-corrected chi connectivity index (χ4v) is 3.42. The molecule has 5 nitrogen and oxygen atoms in total. The minimum Gasteiger partial charge on any atom is -0.478 e. The molecular formula is C18H12BrNO4S. The topological polar surface area (TPSA) is 74.7 Å². The first-order valence-electron chi connectivity index (χ1n) is 7.27. The largest absolute Gasteiger partial charge is 0.478 e. The maximum absolute atomic E-state index is 12.5. The third-order valence-electron chi connectivity index (χ3n) is 3.56. The minimum atomic E-state index is -1.04. The number of amides is 2. The molecule has 7 heteroatoms.